The van der Waals surface area contributed by atoms with Gasteiger partial charge in [-0.05, 0) is 67.6 Å². The molecule has 1 saturated heterocycles. The van der Waals surface area contributed by atoms with Crippen LogP contribution in [0.1, 0.15) is 43.6 Å². The summed E-state index contributed by atoms with van der Waals surface area (Å²) in [5, 5.41) is 14.0. The molecule has 3 aliphatic rings. The summed E-state index contributed by atoms with van der Waals surface area (Å²) in [6.07, 6.45) is 8.58. The molecule has 2 aliphatic carbocycles. The summed E-state index contributed by atoms with van der Waals surface area (Å²) in [6.45, 7) is 1.96. The van der Waals surface area contributed by atoms with Crippen LogP contribution in [0.3, 0.4) is 0 Å². The summed E-state index contributed by atoms with van der Waals surface area (Å²) in [5.41, 5.74) is 1.05. The van der Waals surface area contributed by atoms with Crippen molar-refractivity contribution in [1.29, 1.82) is 0 Å². The first kappa shape index (κ1) is 21.2. The number of fused-ring (bicyclic) bond motifs is 1. The Kier molecular flexibility index (Phi) is 5.69. The van der Waals surface area contributed by atoms with Gasteiger partial charge in [-0.15, -0.1) is 0 Å². The maximum atomic E-state index is 12.2. The number of hydrogen-bond donors (Lipinski definition) is 2. The minimum atomic E-state index is -1.19. The van der Waals surface area contributed by atoms with E-state index in [9.17, 15) is 9.32 Å². The molecule has 6 nitrogen and oxygen atoms in total. The van der Waals surface area contributed by atoms with E-state index in [-0.39, 0.29) is 12.1 Å². The molecule has 2 saturated carbocycles. The Morgan fingerprint density at radius 1 is 1.23 bits per heavy atom. The number of aliphatic hydroxyl groups is 1. The standard InChI is InChI=1S/C23H29ClN4O2S/c1-31(30)20-11-25-22(26-21(20)27-23(14-29)7-2-8-23)28-12-17-9-16(10-18(17)13-28)15-3-5-19(24)6-4-15/h3-6,11,16-18,29H,2,7-10,12-14H2,1H3,(H,25,26,27). The highest BCUT2D eigenvalue weighted by atomic mass is 35.5. The van der Waals surface area contributed by atoms with Gasteiger partial charge in [0.25, 0.3) is 0 Å². The van der Waals surface area contributed by atoms with Crippen molar-refractivity contribution in [1.82, 2.24) is 9.97 Å². The third kappa shape index (κ3) is 4.08. The predicted molar refractivity (Wildman–Crippen MR) is 124 cm³/mol. The first-order valence-corrected chi connectivity index (χ1v) is 13.0. The second kappa shape index (κ2) is 8.34. The number of aliphatic hydroxyl groups excluding tert-OH is 1. The highest BCUT2D eigenvalue weighted by Gasteiger charge is 2.42. The second-order valence-corrected chi connectivity index (χ2v) is 11.2. The number of hydrogen-bond acceptors (Lipinski definition) is 6. The Hall–Kier alpha value is -1.70. The number of halogens is 1. The summed E-state index contributed by atoms with van der Waals surface area (Å²) < 4.78 is 12.2. The normalized spacial score (nSPS) is 27.6. The van der Waals surface area contributed by atoms with E-state index >= 15 is 0 Å². The molecule has 31 heavy (non-hydrogen) atoms. The van der Waals surface area contributed by atoms with Gasteiger partial charge in [-0.3, -0.25) is 4.21 Å². The average molecular weight is 461 g/mol. The Morgan fingerprint density at radius 2 is 1.90 bits per heavy atom. The summed E-state index contributed by atoms with van der Waals surface area (Å²) in [4.78, 5) is 12.2. The fourth-order valence-electron chi connectivity index (χ4n) is 5.46. The van der Waals surface area contributed by atoms with E-state index < -0.39 is 10.8 Å². The van der Waals surface area contributed by atoms with Gasteiger partial charge < -0.3 is 15.3 Å². The van der Waals surface area contributed by atoms with Crippen molar-refractivity contribution in [3.8, 4) is 0 Å². The molecule has 5 rings (SSSR count). The molecular weight excluding hydrogens is 432 g/mol. The van der Waals surface area contributed by atoms with Gasteiger partial charge in [0.1, 0.15) is 5.82 Å². The molecule has 2 heterocycles. The lowest BCUT2D eigenvalue weighted by Crippen LogP contribution is -2.48. The van der Waals surface area contributed by atoms with Crippen molar-refractivity contribution < 1.29 is 9.32 Å². The highest BCUT2D eigenvalue weighted by molar-refractivity contribution is 7.84. The lowest BCUT2D eigenvalue weighted by molar-refractivity contribution is 0.143. The van der Waals surface area contributed by atoms with E-state index in [0.717, 1.165) is 37.4 Å². The van der Waals surface area contributed by atoms with Crippen molar-refractivity contribution in [2.24, 2.45) is 11.8 Å². The molecule has 2 N–H and O–H groups in total. The Balaban J connectivity index is 1.31. The topological polar surface area (TPSA) is 78.4 Å². The molecule has 0 spiro atoms. The van der Waals surface area contributed by atoms with Crippen LogP contribution in [-0.2, 0) is 10.8 Å². The lowest BCUT2D eigenvalue weighted by atomic mass is 9.77. The molecule has 3 fully saturated rings. The summed E-state index contributed by atoms with van der Waals surface area (Å²) in [5.74, 6) is 3.17. The molecule has 2 aromatic rings. The monoisotopic (exact) mass is 460 g/mol. The molecule has 3 atom stereocenters. The second-order valence-electron chi connectivity index (χ2n) is 9.40. The number of nitrogens with one attached hydrogen (secondary N) is 1. The van der Waals surface area contributed by atoms with Gasteiger partial charge in [-0.25, -0.2) is 4.98 Å². The van der Waals surface area contributed by atoms with E-state index in [1.807, 2.05) is 12.1 Å². The van der Waals surface area contributed by atoms with Crippen LogP contribution in [0, 0.1) is 11.8 Å². The minimum Gasteiger partial charge on any atom is -0.394 e. The van der Waals surface area contributed by atoms with Crippen molar-refractivity contribution in [3.63, 3.8) is 0 Å². The SMILES string of the molecule is CS(=O)c1cnc(N2CC3CC(c4ccc(Cl)cc4)CC3C2)nc1NC1(CO)CCC1. The number of aromatic nitrogens is 2. The molecule has 1 aliphatic heterocycles. The van der Waals surface area contributed by atoms with Crippen molar-refractivity contribution in [2.75, 3.05) is 36.2 Å². The fraction of sp³-hybridized carbons (Fsp3) is 0.565. The zero-order valence-corrected chi connectivity index (χ0v) is 19.3. The number of nitrogens with zero attached hydrogens (tertiary/aromatic N) is 3. The fourth-order valence-corrected chi connectivity index (χ4v) is 6.16. The first-order valence-electron chi connectivity index (χ1n) is 11.1. The quantitative estimate of drug-likeness (QED) is 0.682. The third-order valence-electron chi connectivity index (χ3n) is 7.42. The van der Waals surface area contributed by atoms with E-state index in [4.69, 9.17) is 16.6 Å². The highest BCUT2D eigenvalue weighted by Crippen LogP contribution is 2.47. The van der Waals surface area contributed by atoms with Crippen molar-refractivity contribution in [3.05, 3.63) is 41.0 Å². The molecular formula is C23H29ClN4O2S. The summed E-state index contributed by atoms with van der Waals surface area (Å²) >= 11 is 6.05. The van der Waals surface area contributed by atoms with Gasteiger partial charge in [-0.2, -0.15) is 4.98 Å². The summed E-state index contributed by atoms with van der Waals surface area (Å²) in [6, 6.07) is 8.29. The lowest BCUT2D eigenvalue weighted by Gasteiger charge is -2.41. The minimum absolute atomic E-state index is 0.0576. The van der Waals surface area contributed by atoms with Crippen LogP contribution >= 0.6 is 11.6 Å². The van der Waals surface area contributed by atoms with Crippen LogP contribution in [-0.4, -0.2) is 50.8 Å². The smallest absolute Gasteiger partial charge is 0.227 e. The maximum absolute atomic E-state index is 12.2. The summed E-state index contributed by atoms with van der Waals surface area (Å²) in [7, 11) is -1.19. The predicted octanol–water partition coefficient (Wildman–Crippen LogP) is 3.82. The van der Waals surface area contributed by atoms with Gasteiger partial charge in [0.2, 0.25) is 5.95 Å². The zero-order chi connectivity index (χ0) is 21.6. The Labute approximate surface area is 190 Å². The van der Waals surface area contributed by atoms with Crippen LogP contribution in [0.4, 0.5) is 11.8 Å². The number of anilines is 2. The maximum Gasteiger partial charge on any atom is 0.227 e. The van der Waals surface area contributed by atoms with Crippen LogP contribution < -0.4 is 10.2 Å². The van der Waals surface area contributed by atoms with Gasteiger partial charge in [-0.1, -0.05) is 23.7 Å². The molecule has 0 radical (unpaired) electrons. The molecule has 3 unspecified atom stereocenters. The van der Waals surface area contributed by atoms with Crippen LogP contribution in [0.5, 0.6) is 0 Å². The average Bonchev–Trinajstić information content (AvgIpc) is 3.30. The first-order chi connectivity index (χ1) is 15.0. The van der Waals surface area contributed by atoms with Crippen LogP contribution in [0.25, 0.3) is 0 Å². The largest absolute Gasteiger partial charge is 0.394 e. The van der Waals surface area contributed by atoms with Gasteiger partial charge in [0.15, 0.2) is 0 Å². The van der Waals surface area contributed by atoms with Crippen molar-refractivity contribution in [2.45, 2.75) is 48.5 Å². The Morgan fingerprint density at radius 3 is 2.45 bits per heavy atom. The van der Waals surface area contributed by atoms with Crippen LogP contribution in [0.2, 0.25) is 5.02 Å². The molecule has 0 bridgehead atoms. The molecule has 8 heteroatoms. The van der Waals surface area contributed by atoms with Gasteiger partial charge >= 0.3 is 0 Å². The molecule has 0 amide bonds. The van der Waals surface area contributed by atoms with Crippen LogP contribution in [0.15, 0.2) is 35.4 Å². The van der Waals surface area contributed by atoms with E-state index in [1.165, 1.54) is 18.4 Å². The number of benzene rings is 1. The molecule has 1 aromatic carbocycles. The van der Waals surface area contributed by atoms with Crippen molar-refractivity contribution >= 4 is 34.2 Å². The number of rotatable bonds is 6. The van der Waals surface area contributed by atoms with Gasteiger partial charge in [0.05, 0.1) is 34.0 Å². The van der Waals surface area contributed by atoms with E-state index in [0.29, 0.717) is 34.4 Å². The molecule has 166 valence electrons. The van der Waals surface area contributed by atoms with E-state index in [2.05, 4.69) is 27.3 Å². The molecule has 1 aromatic heterocycles. The van der Waals surface area contributed by atoms with Gasteiger partial charge in [0, 0.05) is 24.4 Å². The Bertz CT molecular complexity index is 963. The van der Waals surface area contributed by atoms with E-state index in [1.54, 1.807) is 12.5 Å². The third-order valence-corrected chi connectivity index (χ3v) is 8.59. The zero-order valence-electron chi connectivity index (χ0n) is 17.8.